The molecule has 166 valence electrons. The average molecular weight is 448 g/mol. The molecule has 1 N–H and O–H groups in total. The minimum Gasteiger partial charge on any atom is -0.378 e. The standard InChI is InChI=1S/C22H26FN3O4S/c23-19-16-17(8-9-20(19)25-12-14-30-15-13-25)24-22(27)18-6-2-3-7-21(18)31(28,29)26-10-4-1-5-11-26/h2-3,6-9,16H,1,4-5,10-15H2,(H,24,27). The zero-order valence-corrected chi connectivity index (χ0v) is 18.0. The first-order valence-electron chi connectivity index (χ1n) is 10.5. The van der Waals surface area contributed by atoms with E-state index in [1.165, 1.54) is 22.5 Å². The second-order valence-corrected chi connectivity index (χ2v) is 9.59. The molecule has 2 aliphatic heterocycles. The Balaban J connectivity index is 1.55. The van der Waals surface area contributed by atoms with Gasteiger partial charge in [-0.2, -0.15) is 4.31 Å². The van der Waals surface area contributed by atoms with E-state index in [-0.39, 0.29) is 16.1 Å². The molecule has 2 aliphatic rings. The molecule has 0 atom stereocenters. The van der Waals surface area contributed by atoms with Crippen molar-refractivity contribution in [1.29, 1.82) is 0 Å². The van der Waals surface area contributed by atoms with Crippen molar-refractivity contribution in [1.82, 2.24) is 4.31 Å². The number of rotatable bonds is 5. The molecule has 7 nitrogen and oxygen atoms in total. The molecule has 0 aromatic heterocycles. The van der Waals surface area contributed by atoms with Crippen LogP contribution in [-0.2, 0) is 14.8 Å². The summed E-state index contributed by atoms with van der Waals surface area (Å²) in [7, 11) is -3.78. The predicted molar refractivity (Wildman–Crippen MR) is 116 cm³/mol. The highest BCUT2D eigenvalue weighted by atomic mass is 32.2. The van der Waals surface area contributed by atoms with E-state index in [0.29, 0.717) is 45.1 Å². The number of hydrogen-bond acceptors (Lipinski definition) is 5. The third-order valence-electron chi connectivity index (χ3n) is 5.62. The summed E-state index contributed by atoms with van der Waals surface area (Å²) < 4.78 is 47.6. The van der Waals surface area contributed by atoms with Crippen molar-refractivity contribution < 1.29 is 22.3 Å². The molecular formula is C22H26FN3O4S. The van der Waals surface area contributed by atoms with Crippen LogP contribution in [0.25, 0.3) is 0 Å². The molecule has 31 heavy (non-hydrogen) atoms. The number of nitrogens with zero attached hydrogens (tertiary/aromatic N) is 2. The second-order valence-electron chi connectivity index (χ2n) is 7.68. The summed E-state index contributed by atoms with van der Waals surface area (Å²) >= 11 is 0. The number of sulfonamides is 1. The molecule has 4 rings (SSSR count). The minimum atomic E-state index is -3.78. The number of carbonyl (C=O) groups excluding carboxylic acids is 1. The molecule has 0 aliphatic carbocycles. The van der Waals surface area contributed by atoms with Crippen molar-refractivity contribution in [2.24, 2.45) is 0 Å². The Hall–Kier alpha value is -2.49. The number of halogens is 1. The smallest absolute Gasteiger partial charge is 0.257 e. The SMILES string of the molecule is O=C(Nc1ccc(N2CCOCC2)c(F)c1)c1ccccc1S(=O)(=O)N1CCCCC1. The van der Waals surface area contributed by atoms with Gasteiger partial charge in [0.05, 0.1) is 29.4 Å². The Morgan fingerprint density at radius 1 is 0.968 bits per heavy atom. The van der Waals surface area contributed by atoms with Crippen molar-refractivity contribution >= 4 is 27.3 Å². The Labute approximate surface area is 181 Å². The van der Waals surface area contributed by atoms with Crippen LogP contribution in [0.1, 0.15) is 29.6 Å². The molecule has 2 aromatic rings. The molecule has 2 heterocycles. The van der Waals surface area contributed by atoms with E-state index in [1.807, 2.05) is 4.90 Å². The summed E-state index contributed by atoms with van der Waals surface area (Å²) in [5.74, 6) is -1.04. The van der Waals surface area contributed by atoms with E-state index < -0.39 is 21.7 Å². The molecule has 2 fully saturated rings. The van der Waals surface area contributed by atoms with Crippen LogP contribution in [0.15, 0.2) is 47.4 Å². The largest absolute Gasteiger partial charge is 0.378 e. The van der Waals surface area contributed by atoms with Crippen molar-refractivity contribution in [3.63, 3.8) is 0 Å². The van der Waals surface area contributed by atoms with Crippen LogP contribution >= 0.6 is 0 Å². The number of nitrogens with one attached hydrogen (secondary N) is 1. The zero-order valence-electron chi connectivity index (χ0n) is 17.2. The second kappa shape index (κ2) is 9.33. The Morgan fingerprint density at radius 2 is 1.68 bits per heavy atom. The predicted octanol–water partition coefficient (Wildman–Crippen LogP) is 3.09. The highest BCUT2D eigenvalue weighted by molar-refractivity contribution is 7.89. The van der Waals surface area contributed by atoms with E-state index in [1.54, 1.807) is 24.3 Å². The lowest BCUT2D eigenvalue weighted by atomic mass is 10.2. The van der Waals surface area contributed by atoms with E-state index in [2.05, 4.69) is 5.32 Å². The molecule has 2 saturated heterocycles. The number of morpholine rings is 1. The van der Waals surface area contributed by atoms with Gasteiger partial charge >= 0.3 is 0 Å². The lowest BCUT2D eigenvalue weighted by Crippen LogP contribution is -2.36. The van der Waals surface area contributed by atoms with Crippen LogP contribution in [0.3, 0.4) is 0 Å². The van der Waals surface area contributed by atoms with Crippen LogP contribution in [-0.4, -0.2) is 58.0 Å². The first-order chi connectivity index (χ1) is 15.0. The Kier molecular flexibility index (Phi) is 6.54. The molecule has 0 bridgehead atoms. The number of benzene rings is 2. The van der Waals surface area contributed by atoms with E-state index in [4.69, 9.17) is 4.74 Å². The maximum Gasteiger partial charge on any atom is 0.257 e. The van der Waals surface area contributed by atoms with Gasteiger partial charge in [-0.25, -0.2) is 12.8 Å². The first-order valence-corrected chi connectivity index (χ1v) is 11.9. The van der Waals surface area contributed by atoms with Crippen LogP contribution in [0.5, 0.6) is 0 Å². The monoisotopic (exact) mass is 447 g/mol. The zero-order chi connectivity index (χ0) is 21.8. The van der Waals surface area contributed by atoms with Crippen LogP contribution in [0.2, 0.25) is 0 Å². The van der Waals surface area contributed by atoms with Crippen molar-refractivity contribution in [2.45, 2.75) is 24.2 Å². The molecule has 2 aromatic carbocycles. The third-order valence-corrected chi connectivity index (χ3v) is 7.58. The van der Waals surface area contributed by atoms with Gasteiger partial charge in [0.25, 0.3) is 5.91 Å². The Bertz CT molecular complexity index is 1050. The lowest BCUT2D eigenvalue weighted by molar-refractivity contribution is 0.102. The molecule has 9 heteroatoms. The summed E-state index contributed by atoms with van der Waals surface area (Å²) in [5, 5.41) is 2.64. The molecule has 0 unspecified atom stereocenters. The number of hydrogen-bond donors (Lipinski definition) is 1. The van der Waals surface area contributed by atoms with Crippen LogP contribution in [0, 0.1) is 5.82 Å². The van der Waals surface area contributed by atoms with Gasteiger partial charge < -0.3 is 15.0 Å². The number of anilines is 2. The number of amides is 1. The fourth-order valence-electron chi connectivity index (χ4n) is 3.97. The van der Waals surface area contributed by atoms with Crippen molar-refractivity contribution in [3.05, 3.63) is 53.8 Å². The van der Waals surface area contributed by atoms with Gasteiger partial charge in [0.2, 0.25) is 10.0 Å². The van der Waals surface area contributed by atoms with Gasteiger partial charge in [-0.1, -0.05) is 18.6 Å². The summed E-state index contributed by atoms with van der Waals surface area (Å²) in [6.07, 6.45) is 2.62. The number of carbonyl (C=O) groups is 1. The van der Waals surface area contributed by atoms with Crippen molar-refractivity contribution in [2.75, 3.05) is 49.6 Å². The van der Waals surface area contributed by atoms with Gasteiger partial charge in [0.1, 0.15) is 5.82 Å². The van der Waals surface area contributed by atoms with E-state index >= 15 is 0 Å². The lowest BCUT2D eigenvalue weighted by Gasteiger charge is -2.29. The van der Waals surface area contributed by atoms with Crippen molar-refractivity contribution in [3.8, 4) is 0 Å². The first kappa shape index (κ1) is 21.7. The highest BCUT2D eigenvalue weighted by Gasteiger charge is 2.29. The van der Waals surface area contributed by atoms with Gasteiger partial charge in [-0.3, -0.25) is 4.79 Å². The minimum absolute atomic E-state index is 0.0280. The summed E-state index contributed by atoms with van der Waals surface area (Å²) in [4.78, 5) is 14.8. The van der Waals surface area contributed by atoms with Gasteiger partial charge in [-0.15, -0.1) is 0 Å². The van der Waals surface area contributed by atoms with Crippen LogP contribution in [0.4, 0.5) is 15.8 Å². The topological polar surface area (TPSA) is 79.0 Å². The normalized spacial score (nSPS) is 18.0. The number of ether oxygens (including phenoxy) is 1. The summed E-state index contributed by atoms with van der Waals surface area (Å²) in [6, 6.07) is 10.6. The molecule has 0 saturated carbocycles. The fourth-order valence-corrected chi connectivity index (χ4v) is 5.67. The molecule has 1 amide bonds. The summed E-state index contributed by atoms with van der Waals surface area (Å²) in [5.41, 5.74) is 0.768. The average Bonchev–Trinajstić information content (AvgIpc) is 2.80. The van der Waals surface area contributed by atoms with Gasteiger partial charge in [0, 0.05) is 31.9 Å². The van der Waals surface area contributed by atoms with Crippen LogP contribution < -0.4 is 10.2 Å². The third kappa shape index (κ3) is 4.73. The molecule has 0 spiro atoms. The Morgan fingerprint density at radius 3 is 2.39 bits per heavy atom. The molecular weight excluding hydrogens is 421 g/mol. The maximum absolute atomic E-state index is 14.7. The van der Waals surface area contributed by atoms with Gasteiger partial charge in [-0.05, 0) is 43.2 Å². The van der Waals surface area contributed by atoms with Gasteiger partial charge in [0.15, 0.2) is 0 Å². The maximum atomic E-state index is 14.7. The highest BCUT2D eigenvalue weighted by Crippen LogP contribution is 2.26. The fraction of sp³-hybridized carbons (Fsp3) is 0.409. The quantitative estimate of drug-likeness (QED) is 0.762. The van der Waals surface area contributed by atoms with E-state index in [0.717, 1.165) is 19.3 Å². The summed E-state index contributed by atoms with van der Waals surface area (Å²) in [6.45, 7) is 3.19. The number of piperidine rings is 1. The van der Waals surface area contributed by atoms with E-state index in [9.17, 15) is 17.6 Å². The molecule has 0 radical (unpaired) electrons.